The molecule has 9 heteroatoms. The van der Waals surface area contributed by atoms with E-state index < -0.39 is 39.0 Å². The van der Waals surface area contributed by atoms with Gasteiger partial charge in [0.05, 0.1) is 18.7 Å². The summed E-state index contributed by atoms with van der Waals surface area (Å²) < 4.78 is 58.2. The van der Waals surface area contributed by atoms with Gasteiger partial charge in [-0.2, -0.15) is 0 Å². The van der Waals surface area contributed by atoms with Gasteiger partial charge < -0.3 is 10.1 Å². The van der Waals surface area contributed by atoms with Gasteiger partial charge in [0.25, 0.3) is 0 Å². The Labute approximate surface area is 133 Å². The van der Waals surface area contributed by atoms with E-state index in [9.17, 15) is 22.0 Å². The molecule has 23 heavy (non-hydrogen) atoms. The maximum Gasteiger partial charge on any atom is 0.246 e. The molecule has 2 atom stereocenters. The van der Waals surface area contributed by atoms with Gasteiger partial charge in [-0.15, -0.1) is 0 Å². The van der Waals surface area contributed by atoms with E-state index in [4.69, 9.17) is 4.74 Å². The number of halogens is 2. The molecule has 128 valence electrons. The van der Waals surface area contributed by atoms with Crippen molar-refractivity contribution in [2.75, 3.05) is 13.2 Å². The minimum atomic E-state index is -4.46. The van der Waals surface area contributed by atoms with Gasteiger partial charge in [-0.25, -0.2) is 21.9 Å². The second-order valence-electron chi connectivity index (χ2n) is 5.28. The van der Waals surface area contributed by atoms with Crippen molar-refractivity contribution in [3.05, 3.63) is 29.8 Å². The first-order valence-corrected chi connectivity index (χ1v) is 8.64. The summed E-state index contributed by atoms with van der Waals surface area (Å²) in [4.78, 5) is 10.7. The fraction of sp³-hybridized carbons (Fsp3) is 0.500. The molecule has 1 heterocycles. The highest BCUT2D eigenvalue weighted by Gasteiger charge is 2.26. The summed E-state index contributed by atoms with van der Waals surface area (Å²) in [7, 11) is -4.46. The van der Waals surface area contributed by atoms with Crippen molar-refractivity contribution in [2.45, 2.75) is 36.8 Å². The Morgan fingerprint density at radius 1 is 1.39 bits per heavy atom. The van der Waals surface area contributed by atoms with Gasteiger partial charge in [0.15, 0.2) is 4.90 Å². The maximum absolute atomic E-state index is 13.5. The molecule has 0 aliphatic carbocycles. The van der Waals surface area contributed by atoms with Gasteiger partial charge in [-0.05, 0) is 31.9 Å². The number of rotatable bonds is 6. The molecule has 2 rings (SSSR count). The first-order valence-electron chi connectivity index (χ1n) is 7.16. The largest absolute Gasteiger partial charge is 0.376 e. The third-order valence-corrected chi connectivity index (χ3v) is 4.97. The van der Waals surface area contributed by atoms with Crippen LogP contribution in [0.3, 0.4) is 0 Å². The van der Waals surface area contributed by atoms with E-state index in [1.54, 1.807) is 6.92 Å². The molecule has 1 fully saturated rings. The van der Waals surface area contributed by atoms with Gasteiger partial charge in [-0.3, -0.25) is 4.79 Å². The van der Waals surface area contributed by atoms with E-state index in [0.29, 0.717) is 6.61 Å². The Bertz CT molecular complexity index is 655. The molecule has 0 saturated carbocycles. The second-order valence-corrected chi connectivity index (χ2v) is 6.99. The number of amides is 1. The van der Waals surface area contributed by atoms with Crippen molar-refractivity contribution >= 4 is 15.9 Å². The number of carbonyl (C=O) groups excluding carboxylic acids is 1. The molecule has 0 unspecified atom stereocenters. The Balaban J connectivity index is 1.95. The van der Waals surface area contributed by atoms with Crippen LogP contribution in [0.4, 0.5) is 8.78 Å². The van der Waals surface area contributed by atoms with Crippen molar-refractivity contribution in [3.63, 3.8) is 0 Å². The zero-order chi connectivity index (χ0) is 17.0. The number of hydrogen-bond donors (Lipinski definition) is 2. The monoisotopic (exact) mass is 348 g/mol. The van der Waals surface area contributed by atoms with Gasteiger partial charge in [-0.1, -0.05) is 6.07 Å². The van der Waals surface area contributed by atoms with E-state index in [1.807, 2.05) is 4.72 Å². The molecule has 1 aliphatic rings. The maximum atomic E-state index is 13.5. The Morgan fingerprint density at radius 3 is 2.61 bits per heavy atom. The summed E-state index contributed by atoms with van der Waals surface area (Å²) in [6.07, 6.45) is 1.61. The van der Waals surface area contributed by atoms with Crippen molar-refractivity contribution in [2.24, 2.45) is 0 Å². The van der Waals surface area contributed by atoms with Crippen LogP contribution >= 0.6 is 0 Å². The Morgan fingerprint density at radius 2 is 2.04 bits per heavy atom. The van der Waals surface area contributed by atoms with Gasteiger partial charge in [0, 0.05) is 6.61 Å². The van der Waals surface area contributed by atoms with Crippen LogP contribution in [0.15, 0.2) is 23.1 Å². The van der Waals surface area contributed by atoms with Crippen LogP contribution in [0.1, 0.15) is 19.8 Å². The lowest BCUT2D eigenvalue weighted by molar-refractivity contribution is -0.121. The van der Waals surface area contributed by atoms with Gasteiger partial charge in [0.1, 0.15) is 11.6 Å². The molecular formula is C14H18F2N2O4S. The molecule has 1 aliphatic heterocycles. The van der Waals surface area contributed by atoms with Crippen molar-refractivity contribution in [1.29, 1.82) is 0 Å². The highest BCUT2D eigenvalue weighted by Crippen LogP contribution is 2.18. The lowest BCUT2D eigenvalue weighted by Gasteiger charge is -2.20. The van der Waals surface area contributed by atoms with E-state index in [-0.39, 0.29) is 12.1 Å². The molecular weight excluding hydrogens is 330 g/mol. The minimum absolute atomic E-state index is 0.112. The van der Waals surface area contributed by atoms with E-state index in [1.165, 1.54) is 0 Å². The minimum Gasteiger partial charge on any atom is -0.376 e. The SMILES string of the molecule is C[C@H](NC(=O)CNS(=O)(=O)c1c(F)cccc1F)[C@H]1CCCO1. The molecule has 0 aromatic heterocycles. The lowest BCUT2D eigenvalue weighted by atomic mass is 10.1. The van der Waals surface area contributed by atoms with Crippen LogP contribution in [0.2, 0.25) is 0 Å². The third-order valence-electron chi connectivity index (χ3n) is 3.52. The zero-order valence-corrected chi connectivity index (χ0v) is 13.3. The van der Waals surface area contributed by atoms with Crippen LogP contribution in [0.25, 0.3) is 0 Å². The second kappa shape index (κ2) is 7.33. The van der Waals surface area contributed by atoms with Crippen molar-refractivity contribution < 1.29 is 26.7 Å². The van der Waals surface area contributed by atoms with Crippen molar-refractivity contribution in [3.8, 4) is 0 Å². The number of ether oxygens (including phenoxy) is 1. The highest BCUT2D eigenvalue weighted by molar-refractivity contribution is 7.89. The molecule has 1 saturated heterocycles. The summed E-state index contributed by atoms with van der Waals surface area (Å²) in [5.74, 6) is -3.04. The lowest BCUT2D eigenvalue weighted by Crippen LogP contribution is -2.45. The smallest absolute Gasteiger partial charge is 0.246 e. The molecule has 1 amide bonds. The fourth-order valence-electron chi connectivity index (χ4n) is 2.37. The number of carbonyl (C=O) groups is 1. The van der Waals surface area contributed by atoms with Crippen LogP contribution in [-0.2, 0) is 19.6 Å². The van der Waals surface area contributed by atoms with Crippen LogP contribution in [-0.4, -0.2) is 39.6 Å². The zero-order valence-electron chi connectivity index (χ0n) is 12.5. The summed E-state index contributed by atoms with van der Waals surface area (Å²) in [6, 6.07) is 2.44. The number of benzene rings is 1. The molecule has 0 bridgehead atoms. The molecule has 1 aromatic carbocycles. The highest BCUT2D eigenvalue weighted by atomic mass is 32.2. The van der Waals surface area contributed by atoms with E-state index in [2.05, 4.69) is 5.32 Å². The third kappa shape index (κ3) is 4.46. The molecule has 2 N–H and O–H groups in total. The Kier molecular flexibility index (Phi) is 5.66. The Hall–Kier alpha value is -1.58. The average molecular weight is 348 g/mol. The predicted octanol–water partition coefficient (Wildman–Crippen LogP) is 0.927. The first-order chi connectivity index (χ1) is 10.8. The molecule has 1 aromatic rings. The van der Waals surface area contributed by atoms with E-state index >= 15 is 0 Å². The summed E-state index contributed by atoms with van der Waals surface area (Å²) in [5.41, 5.74) is 0. The molecule has 0 radical (unpaired) electrons. The fourth-order valence-corrected chi connectivity index (χ4v) is 3.48. The first kappa shape index (κ1) is 17.8. The van der Waals surface area contributed by atoms with Crippen LogP contribution < -0.4 is 10.0 Å². The number of hydrogen-bond acceptors (Lipinski definition) is 4. The summed E-state index contributed by atoms with van der Waals surface area (Å²) in [6.45, 7) is 1.76. The van der Waals surface area contributed by atoms with Crippen molar-refractivity contribution in [1.82, 2.24) is 10.0 Å². The quantitative estimate of drug-likeness (QED) is 0.801. The predicted molar refractivity (Wildman–Crippen MR) is 78.1 cm³/mol. The van der Waals surface area contributed by atoms with Gasteiger partial charge in [0.2, 0.25) is 15.9 Å². The summed E-state index contributed by atoms with van der Waals surface area (Å²) >= 11 is 0. The molecule has 0 spiro atoms. The van der Waals surface area contributed by atoms with Gasteiger partial charge >= 0.3 is 0 Å². The summed E-state index contributed by atoms with van der Waals surface area (Å²) in [5, 5.41) is 2.60. The van der Waals surface area contributed by atoms with Crippen LogP contribution in [0.5, 0.6) is 0 Å². The standard InChI is InChI=1S/C14H18F2N2O4S/c1-9(12-6-3-7-22-12)18-13(19)8-17-23(20,21)14-10(15)4-2-5-11(14)16/h2,4-5,9,12,17H,3,6-8H2,1H3,(H,18,19)/t9-,12+/m0/s1. The topological polar surface area (TPSA) is 84.5 Å². The number of sulfonamides is 1. The number of nitrogens with one attached hydrogen (secondary N) is 2. The average Bonchev–Trinajstić information content (AvgIpc) is 2.99. The normalized spacial score (nSPS) is 19.5. The van der Waals surface area contributed by atoms with E-state index in [0.717, 1.165) is 31.0 Å². The van der Waals surface area contributed by atoms with Crippen LogP contribution in [0, 0.1) is 11.6 Å². The molecule has 6 nitrogen and oxygen atoms in total.